The Hall–Kier alpha value is -2.69. The van der Waals surface area contributed by atoms with Crippen LogP contribution in [-0.2, 0) is 9.59 Å². The minimum absolute atomic E-state index is 0.152. The van der Waals surface area contributed by atoms with Gasteiger partial charge in [0, 0.05) is 0 Å². The Labute approximate surface area is 121 Å². The van der Waals surface area contributed by atoms with E-state index in [4.69, 9.17) is 9.47 Å². The lowest BCUT2D eigenvalue weighted by atomic mass is 10.1. The van der Waals surface area contributed by atoms with Gasteiger partial charge in [0.15, 0.2) is 0 Å². The van der Waals surface area contributed by atoms with Gasteiger partial charge in [0.25, 0.3) is 0 Å². The van der Waals surface area contributed by atoms with Gasteiger partial charge in [-0.3, -0.25) is 0 Å². The molecule has 0 N–H and O–H groups in total. The molecule has 0 unspecified atom stereocenters. The van der Waals surface area contributed by atoms with Crippen LogP contribution in [0.25, 0.3) is 0 Å². The van der Waals surface area contributed by atoms with Crippen LogP contribution in [-0.4, -0.2) is 17.6 Å². The summed E-state index contributed by atoms with van der Waals surface area (Å²) < 4.78 is 23.9. The molecule has 2 rings (SSSR count). The number of benzene rings is 2. The van der Waals surface area contributed by atoms with E-state index in [1.165, 1.54) is 24.3 Å². The molecule has 0 atom stereocenters. The number of hydrogen-bond donors (Lipinski definition) is 0. The third-order valence-corrected chi connectivity index (χ3v) is 2.67. The zero-order chi connectivity index (χ0) is 15.3. The highest BCUT2D eigenvalue weighted by atomic mass is 19.1. The molecule has 0 spiro atoms. The molecule has 0 aliphatic heterocycles. The first-order chi connectivity index (χ1) is 10.00. The Kier molecular flexibility index (Phi) is 4.33. The number of carbonyl (C=O) groups is 2. The molecule has 0 heterocycles. The zero-order valence-electron chi connectivity index (χ0n) is 11.3. The van der Waals surface area contributed by atoms with E-state index in [2.05, 4.69) is 0 Å². The molecule has 0 radical (unpaired) electrons. The topological polar surface area (TPSA) is 52.6 Å². The largest absolute Gasteiger partial charge is 0.424 e. The normalized spacial score (nSPS) is 10.8. The van der Waals surface area contributed by atoms with Crippen molar-refractivity contribution in [3.05, 3.63) is 60.7 Å². The number of halogens is 1. The van der Waals surface area contributed by atoms with E-state index in [-0.39, 0.29) is 11.5 Å². The summed E-state index contributed by atoms with van der Waals surface area (Å²) in [6.07, 6.45) is 0. The minimum atomic E-state index is -2.90. The molecular formula is C16H13FO4. The van der Waals surface area contributed by atoms with Crippen LogP contribution in [0.4, 0.5) is 4.39 Å². The maximum Gasteiger partial charge on any atom is 0.360 e. The summed E-state index contributed by atoms with van der Waals surface area (Å²) in [5.74, 6) is -2.35. The van der Waals surface area contributed by atoms with Crippen molar-refractivity contribution in [3.8, 4) is 11.5 Å². The molecule has 0 saturated heterocycles. The molecule has 0 aromatic heterocycles. The van der Waals surface area contributed by atoms with E-state index in [1.54, 1.807) is 36.4 Å². The summed E-state index contributed by atoms with van der Waals surface area (Å²) in [4.78, 5) is 23.5. The van der Waals surface area contributed by atoms with Crippen LogP contribution in [0.2, 0.25) is 0 Å². The molecule has 0 amide bonds. The van der Waals surface area contributed by atoms with Crippen LogP contribution in [0.3, 0.4) is 0 Å². The molecule has 4 nitrogen and oxygen atoms in total. The van der Waals surface area contributed by atoms with E-state index < -0.39 is 17.6 Å². The van der Waals surface area contributed by atoms with Gasteiger partial charge in [-0.05, 0) is 31.2 Å². The summed E-state index contributed by atoms with van der Waals surface area (Å²) in [7, 11) is 0. The summed E-state index contributed by atoms with van der Waals surface area (Å²) in [6, 6.07) is 15.9. The van der Waals surface area contributed by atoms with Crippen LogP contribution in [0.1, 0.15) is 6.92 Å². The maximum atomic E-state index is 14.3. The van der Waals surface area contributed by atoms with Crippen molar-refractivity contribution in [2.75, 3.05) is 0 Å². The Morgan fingerprint density at radius 2 is 1.14 bits per heavy atom. The van der Waals surface area contributed by atoms with Crippen LogP contribution < -0.4 is 9.47 Å². The summed E-state index contributed by atoms with van der Waals surface area (Å²) in [5, 5.41) is 0. The molecule has 2 aromatic carbocycles. The third kappa shape index (κ3) is 3.66. The van der Waals surface area contributed by atoms with Crippen LogP contribution in [0, 0.1) is 0 Å². The average Bonchev–Trinajstić information content (AvgIpc) is 2.49. The van der Waals surface area contributed by atoms with Gasteiger partial charge in [-0.25, -0.2) is 14.0 Å². The molecule has 0 aliphatic carbocycles. The fraction of sp³-hybridized carbons (Fsp3) is 0.125. The van der Waals surface area contributed by atoms with Crippen LogP contribution in [0.15, 0.2) is 60.7 Å². The second kappa shape index (κ2) is 6.17. The summed E-state index contributed by atoms with van der Waals surface area (Å²) in [6.45, 7) is 0.809. The van der Waals surface area contributed by atoms with Gasteiger partial charge < -0.3 is 9.47 Å². The Balaban J connectivity index is 2.06. The van der Waals surface area contributed by atoms with E-state index >= 15 is 0 Å². The van der Waals surface area contributed by atoms with Crippen molar-refractivity contribution in [2.45, 2.75) is 12.6 Å². The Morgan fingerprint density at radius 3 is 1.48 bits per heavy atom. The number of rotatable bonds is 4. The van der Waals surface area contributed by atoms with E-state index in [0.717, 1.165) is 6.92 Å². The number of esters is 2. The summed E-state index contributed by atoms with van der Waals surface area (Å²) in [5.41, 5.74) is -2.90. The fourth-order valence-electron chi connectivity index (χ4n) is 1.47. The zero-order valence-corrected chi connectivity index (χ0v) is 11.3. The van der Waals surface area contributed by atoms with Gasteiger partial charge in [0.1, 0.15) is 11.5 Å². The van der Waals surface area contributed by atoms with Crippen molar-refractivity contribution in [2.24, 2.45) is 0 Å². The van der Waals surface area contributed by atoms with Crippen molar-refractivity contribution in [1.82, 2.24) is 0 Å². The molecule has 0 fully saturated rings. The Bertz CT molecular complexity index is 568. The first-order valence-electron chi connectivity index (χ1n) is 6.24. The quantitative estimate of drug-likeness (QED) is 0.493. The van der Waals surface area contributed by atoms with Crippen molar-refractivity contribution in [1.29, 1.82) is 0 Å². The van der Waals surface area contributed by atoms with Gasteiger partial charge in [-0.15, -0.1) is 0 Å². The minimum Gasteiger partial charge on any atom is -0.424 e. The third-order valence-electron chi connectivity index (χ3n) is 2.67. The molecule has 0 bridgehead atoms. The second-order valence-corrected chi connectivity index (χ2v) is 4.41. The van der Waals surface area contributed by atoms with Crippen LogP contribution in [0.5, 0.6) is 11.5 Å². The lowest BCUT2D eigenvalue weighted by molar-refractivity contribution is -0.161. The van der Waals surface area contributed by atoms with E-state index in [0.29, 0.717) is 0 Å². The molecule has 0 saturated carbocycles. The lowest BCUT2D eigenvalue weighted by Gasteiger charge is -2.17. The van der Waals surface area contributed by atoms with E-state index in [1.807, 2.05) is 0 Å². The molecule has 21 heavy (non-hydrogen) atoms. The predicted molar refractivity (Wildman–Crippen MR) is 73.7 cm³/mol. The van der Waals surface area contributed by atoms with Gasteiger partial charge in [-0.2, -0.15) is 0 Å². The molecule has 108 valence electrons. The smallest absolute Gasteiger partial charge is 0.360 e. The monoisotopic (exact) mass is 288 g/mol. The van der Waals surface area contributed by atoms with Gasteiger partial charge in [0.2, 0.25) is 0 Å². The first-order valence-corrected chi connectivity index (χ1v) is 6.24. The van der Waals surface area contributed by atoms with E-state index in [9.17, 15) is 14.0 Å². The maximum absolute atomic E-state index is 14.3. The highest BCUT2D eigenvalue weighted by molar-refractivity contribution is 6.04. The standard InChI is InChI=1S/C16H13FO4/c1-16(17,14(18)20-12-8-4-2-5-9-12)15(19)21-13-10-6-3-7-11-13/h2-11H,1H3. The van der Waals surface area contributed by atoms with Crippen molar-refractivity contribution in [3.63, 3.8) is 0 Å². The number of hydrogen-bond acceptors (Lipinski definition) is 4. The number of ether oxygens (including phenoxy) is 2. The van der Waals surface area contributed by atoms with Gasteiger partial charge in [0.05, 0.1) is 0 Å². The van der Waals surface area contributed by atoms with Crippen molar-refractivity contribution < 1.29 is 23.5 Å². The predicted octanol–water partition coefficient (Wildman–Crippen LogP) is 2.93. The van der Waals surface area contributed by atoms with Crippen molar-refractivity contribution >= 4 is 11.9 Å². The SMILES string of the molecule is CC(F)(C(=O)Oc1ccccc1)C(=O)Oc1ccccc1. The first kappa shape index (κ1) is 14.7. The highest BCUT2D eigenvalue weighted by Crippen LogP contribution is 2.20. The average molecular weight is 288 g/mol. The highest BCUT2D eigenvalue weighted by Gasteiger charge is 2.45. The number of para-hydroxylation sites is 2. The molecular weight excluding hydrogens is 275 g/mol. The van der Waals surface area contributed by atoms with Crippen LogP contribution >= 0.6 is 0 Å². The lowest BCUT2D eigenvalue weighted by Crippen LogP contribution is -2.44. The fourth-order valence-corrected chi connectivity index (χ4v) is 1.47. The molecule has 2 aromatic rings. The second-order valence-electron chi connectivity index (χ2n) is 4.41. The number of carbonyl (C=O) groups excluding carboxylic acids is 2. The number of alkyl halides is 1. The summed E-state index contributed by atoms with van der Waals surface area (Å²) >= 11 is 0. The molecule has 5 heteroatoms. The van der Waals surface area contributed by atoms with Gasteiger partial charge in [-0.1, -0.05) is 36.4 Å². The van der Waals surface area contributed by atoms with Gasteiger partial charge >= 0.3 is 17.6 Å². The Morgan fingerprint density at radius 1 is 0.810 bits per heavy atom. The molecule has 0 aliphatic rings.